The van der Waals surface area contributed by atoms with Crippen LogP contribution in [0, 0.1) is 11.8 Å². The summed E-state index contributed by atoms with van der Waals surface area (Å²) in [6, 6.07) is 17.2. The first kappa shape index (κ1) is 19.2. The summed E-state index contributed by atoms with van der Waals surface area (Å²) < 4.78 is 16.3. The predicted octanol–water partition coefficient (Wildman–Crippen LogP) is 4.43. The zero-order chi connectivity index (χ0) is 21.1. The first-order valence-electron chi connectivity index (χ1n) is 9.18. The van der Waals surface area contributed by atoms with Gasteiger partial charge in [0.25, 0.3) is 0 Å². The van der Waals surface area contributed by atoms with E-state index < -0.39 is 0 Å². The van der Waals surface area contributed by atoms with Gasteiger partial charge >= 0.3 is 0 Å². The van der Waals surface area contributed by atoms with Gasteiger partial charge in [-0.05, 0) is 66.2 Å². The summed E-state index contributed by atoms with van der Waals surface area (Å²) in [7, 11) is 3.14. The van der Waals surface area contributed by atoms with E-state index in [0.29, 0.717) is 28.4 Å². The van der Waals surface area contributed by atoms with Crippen LogP contribution in [0.4, 0.5) is 0 Å². The third-order valence-electron chi connectivity index (χ3n) is 4.56. The van der Waals surface area contributed by atoms with Crippen molar-refractivity contribution in [3.05, 3.63) is 88.7 Å². The molecule has 0 amide bonds. The lowest BCUT2D eigenvalue weighted by molar-refractivity contribution is 0.101. The van der Waals surface area contributed by atoms with E-state index in [2.05, 4.69) is 11.8 Å². The molecule has 5 nitrogen and oxygen atoms in total. The lowest BCUT2D eigenvalue weighted by Crippen LogP contribution is -1.98. The average molecular weight is 398 g/mol. The van der Waals surface area contributed by atoms with Crippen molar-refractivity contribution in [1.29, 1.82) is 0 Å². The van der Waals surface area contributed by atoms with E-state index in [1.165, 1.54) is 0 Å². The van der Waals surface area contributed by atoms with Gasteiger partial charge in [0.05, 0.1) is 19.8 Å². The summed E-state index contributed by atoms with van der Waals surface area (Å²) in [6.07, 6.45) is 1.66. The fraction of sp³-hybridized carbons (Fsp3) is 0.0800. The molecule has 1 N–H and O–H groups in total. The number of rotatable bonds is 3. The van der Waals surface area contributed by atoms with Gasteiger partial charge in [0.2, 0.25) is 5.78 Å². The van der Waals surface area contributed by atoms with Crippen LogP contribution in [0.15, 0.2) is 66.4 Å². The number of ketones is 1. The Bertz CT molecular complexity index is 1190. The van der Waals surface area contributed by atoms with Gasteiger partial charge in [0.15, 0.2) is 5.76 Å². The van der Waals surface area contributed by atoms with Crippen LogP contribution in [0.3, 0.4) is 0 Å². The van der Waals surface area contributed by atoms with Gasteiger partial charge in [-0.1, -0.05) is 11.8 Å². The summed E-state index contributed by atoms with van der Waals surface area (Å²) in [5.74, 6) is 7.99. The SMILES string of the molecule is COc1cc(/C=C2\Oc3ccc(C#Cc4ccc(O)cc4)cc3C2=O)cc(OC)c1. The van der Waals surface area contributed by atoms with E-state index in [1.807, 2.05) is 0 Å². The molecule has 4 rings (SSSR count). The fourth-order valence-electron chi connectivity index (χ4n) is 3.02. The van der Waals surface area contributed by atoms with Crippen LogP contribution in [0.2, 0.25) is 0 Å². The second-order valence-electron chi connectivity index (χ2n) is 6.59. The van der Waals surface area contributed by atoms with Crippen molar-refractivity contribution in [2.75, 3.05) is 14.2 Å². The summed E-state index contributed by atoms with van der Waals surface area (Å²) in [5.41, 5.74) is 2.66. The Hall–Kier alpha value is -4.17. The highest BCUT2D eigenvalue weighted by atomic mass is 16.5. The van der Waals surface area contributed by atoms with Crippen molar-refractivity contribution < 1.29 is 24.1 Å². The van der Waals surface area contributed by atoms with E-state index >= 15 is 0 Å². The summed E-state index contributed by atoms with van der Waals surface area (Å²) in [4.78, 5) is 12.8. The van der Waals surface area contributed by atoms with Crippen molar-refractivity contribution in [3.8, 4) is 34.8 Å². The molecular formula is C25H18O5. The van der Waals surface area contributed by atoms with Crippen LogP contribution in [0.5, 0.6) is 23.0 Å². The maximum Gasteiger partial charge on any atom is 0.232 e. The van der Waals surface area contributed by atoms with Crippen molar-refractivity contribution in [3.63, 3.8) is 0 Å². The minimum Gasteiger partial charge on any atom is -0.508 e. The Morgan fingerprint density at radius 2 is 1.50 bits per heavy atom. The number of ether oxygens (including phenoxy) is 3. The number of carbonyl (C=O) groups excluding carboxylic acids is 1. The zero-order valence-electron chi connectivity index (χ0n) is 16.4. The van der Waals surface area contributed by atoms with Crippen molar-refractivity contribution >= 4 is 11.9 Å². The molecule has 0 radical (unpaired) electrons. The Kier molecular flexibility index (Phi) is 5.15. The molecule has 1 aliphatic rings. The predicted molar refractivity (Wildman–Crippen MR) is 113 cm³/mol. The number of phenolic OH excluding ortho intramolecular Hbond substituents is 1. The molecule has 0 spiro atoms. The molecule has 1 aliphatic heterocycles. The standard InChI is InChI=1S/C25H18O5/c1-28-20-11-18(12-21(15-20)29-2)14-24-25(27)22-13-17(7-10-23(22)30-24)4-3-16-5-8-19(26)9-6-16/h5-15,26H,1-2H3/b24-14-. The normalized spacial score (nSPS) is 13.3. The number of Topliss-reactive ketones (excluding diaryl/α,β-unsaturated/α-hetero) is 1. The first-order valence-corrected chi connectivity index (χ1v) is 9.18. The minimum absolute atomic E-state index is 0.189. The maximum atomic E-state index is 12.8. The Morgan fingerprint density at radius 3 is 2.17 bits per heavy atom. The molecule has 3 aromatic carbocycles. The van der Waals surface area contributed by atoms with Crippen LogP contribution in [-0.4, -0.2) is 25.1 Å². The highest BCUT2D eigenvalue weighted by molar-refractivity contribution is 6.14. The van der Waals surface area contributed by atoms with E-state index in [-0.39, 0.29) is 17.3 Å². The molecule has 5 heteroatoms. The summed E-state index contributed by atoms with van der Waals surface area (Å²) in [5, 5.41) is 9.35. The molecule has 0 saturated carbocycles. The monoisotopic (exact) mass is 398 g/mol. The topological polar surface area (TPSA) is 65.0 Å². The van der Waals surface area contributed by atoms with Gasteiger partial charge in [0, 0.05) is 17.2 Å². The van der Waals surface area contributed by atoms with Crippen molar-refractivity contribution in [2.24, 2.45) is 0 Å². The molecule has 0 atom stereocenters. The maximum absolute atomic E-state index is 12.8. The lowest BCUT2D eigenvalue weighted by atomic mass is 10.1. The molecule has 0 bridgehead atoms. The zero-order valence-corrected chi connectivity index (χ0v) is 16.4. The fourth-order valence-corrected chi connectivity index (χ4v) is 3.02. The van der Waals surface area contributed by atoms with Gasteiger partial charge < -0.3 is 19.3 Å². The number of hydrogen-bond acceptors (Lipinski definition) is 5. The molecule has 0 saturated heterocycles. The summed E-state index contributed by atoms with van der Waals surface area (Å²) >= 11 is 0. The van der Waals surface area contributed by atoms with Crippen molar-refractivity contribution in [2.45, 2.75) is 0 Å². The Labute approximate surface area is 174 Å². The molecular weight excluding hydrogens is 380 g/mol. The summed E-state index contributed by atoms with van der Waals surface area (Å²) in [6.45, 7) is 0. The average Bonchev–Trinajstić information content (AvgIpc) is 3.07. The van der Waals surface area contributed by atoms with E-state index in [9.17, 15) is 9.90 Å². The molecule has 0 unspecified atom stereocenters. The number of allylic oxidation sites excluding steroid dienone is 1. The highest BCUT2D eigenvalue weighted by Gasteiger charge is 2.27. The van der Waals surface area contributed by atoms with Gasteiger partial charge in [-0.3, -0.25) is 4.79 Å². The second-order valence-corrected chi connectivity index (χ2v) is 6.59. The molecule has 1 heterocycles. The van der Waals surface area contributed by atoms with Gasteiger partial charge in [0.1, 0.15) is 23.0 Å². The van der Waals surface area contributed by atoms with Crippen LogP contribution >= 0.6 is 0 Å². The molecule has 0 fully saturated rings. The van der Waals surface area contributed by atoms with E-state index in [1.54, 1.807) is 81.0 Å². The van der Waals surface area contributed by atoms with Crippen LogP contribution in [0.1, 0.15) is 27.0 Å². The highest BCUT2D eigenvalue weighted by Crippen LogP contribution is 2.33. The van der Waals surface area contributed by atoms with Gasteiger partial charge in [-0.25, -0.2) is 0 Å². The number of carbonyl (C=O) groups is 1. The van der Waals surface area contributed by atoms with E-state index in [0.717, 1.165) is 11.1 Å². The molecule has 148 valence electrons. The number of aromatic hydroxyl groups is 1. The lowest BCUT2D eigenvalue weighted by Gasteiger charge is -2.06. The Morgan fingerprint density at radius 1 is 0.867 bits per heavy atom. The molecule has 30 heavy (non-hydrogen) atoms. The van der Waals surface area contributed by atoms with E-state index in [4.69, 9.17) is 14.2 Å². The van der Waals surface area contributed by atoms with Gasteiger partial charge in [-0.15, -0.1) is 0 Å². The second kappa shape index (κ2) is 8.06. The Balaban J connectivity index is 1.61. The number of fused-ring (bicyclic) bond motifs is 1. The molecule has 3 aromatic rings. The quantitative estimate of drug-likeness (QED) is 0.522. The number of phenols is 1. The molecule has 0 aliphatic carbocycles. The minimum atomic E-state index is -0.208. The number of methoxy groups -OCH3 is 2. The third kappa shape index (κ3) is 3.98. The van der Waals surface area contributed by atoms with Crippen LogP contribution in [0.25, 0.3) is 6.08 Å². The smallest absolute Gasteiger partial charge is 0.232 e. The van der Waals surface area contributed by atoms with Crippen LogP contribution < -0.4 is 14.2 Å². The van der Waals surface area contributed by atoms with Crippen molar-refractivity contribution in [1.82, 2.24) is 0 Å². The van der Waals surface area contributed by atoms with Gasteiger partial charge in [-0.2, -0.15) is 0 Å². The first-order chi connectivity index (χ1) is 14.6. The largest absolute Gasteiger partial charge is 0.508 e. The number of benzene rings is 3. The number of hydrogen-bond donors (Lipinski definition) is 1. The third-order valence-corrected chi connectivity index (χ3v) is 4.56. The molecule has 0 aromatic heterocycles. The van der Waals surface area contributed by atoms with Crippen LogP contribution in [-0.2, 0) is 0 Å².